The lowest BCUT2D eigenvalue weighted by atomic mass is 10.2. The second-order valence-corrected chi connectivity index (χ2v) is 3.57. The molecule has 0 amide bonds. The van der Waals surface area contributed by atoms with Crippen molar-refractivity contribution in [2.75, 3.05) is 13.1 Å². The molecule has 1 saturated heterocycles. The van der Waals surface area contributed by atoms with Crippen LogP contribution in [0.2, 0.25) is 0 Å². The molecule has 1 aliphatic rings. The number of morpholine rings is 1. The van der Waals surface area contributed by atoms with Crippen LogP contribution in [0.1, 0.15) is 27.2 Å². The van der Waals surface area contributed by atoms with Crippen LogP contribution in [0.25, 0.3) is 0 Å². The Kier molecular flexibility index (Phi) is 3.50. The fraction of sp³-hybridized carbons (Fsp3) is 1.00. The van der Waals surface area contributed by atoms with Crippen molar-refractivity contribution in [3.05, 3.63) is 0 Å². The van der Waals surface area contributed by atoms with Crippen LogP contribution < -0.4 is 0 Å². The summed E-state index contributed by atoms with van der Waals surface area (Å²) in [5.74, 6) is 0. The highest BCUT2D eigenvalue weighted by atomic mass is 16.5. The predicted octanol–water partition coefficient (Wildman–Crippen LogP) is 1.26. The Bertz CT molecular complexity index is 130. The lowest BCUT2D eigenvalue weighted by Crippen LogP contribution is -2.49. The normalized spacial score (nSPS) is 35.0. The molecule has 1 fully saturated rings. The third-order valence-corrected chi connectivity index (χ3v) is 2.20. The molecule has 0 aromatic rings. The molecule has 0 spiro atoms. The molecule has 1 aliphatic heterocycles. The van der Waals surface area contributed by atoms with Crippen LogP contribution in [0.15, 0.2) is 0 Å². The van der Waals surface area contributed by atoms with Crippen molar-refractivity contribution in [2.45, 2.75) is 45.6 Å². The molecule has 12 heavy (non-hydrogen) atoms. The highest BCUT2D eigenvalue weighted by molar-refractivity contribution is 4.74. The number of rotatable bonds is 2. The van der Waals surface area contributed by atoms with Gasteiger partial charge in [0.15, 0.2) is 0 Å². The SMILES string of the molecule is CCC([O])N1CC(C)OC(C)C1. The minimum absolute atomic E-state index is 0.205. The molecular weight excluding hydrogens is 154 g/mol. The first-order valence-electron chi connectivity index (χ1n) is 4.68. The zero-order chi connectivity index (χ0) is 9.14. The monoisotopic (exact) mass is 172 g/mol. The zero-order valence-electron chi connectivity index (χ0n) is 8.12. The number of hydrogen-bond donors (Lipinski definition) is 0. The van der Waals surface area contributed by atoms with Crippen LogP contribution in [0, 0.1) is 0 Å². The first-order valence-corrected chi connectivity index (χ1v) is 4.68. The summed E-state index contributed by atoms with van der Waals surface area (Å²) in [7, 11) is 0. The summed E-state index contributed by atoms with van der Waals surface area (Å²) < 4.78 is 5.53. The van der Waals surface area contributed by atoms with Gasteiger partial charge in [-0.1, -0.05) is 6.92 Å². The van der Waals surface area contributed by atoms with Gasteiger partial charge in [0, 0.05) is 13.1 Å². The summed E-state index contributed by atoms with van der Waals surface area (Å²) in [6, 6.07) is 0. The maximum Gasteiger partial charge on any atom is 0.146 e. The van der Waals surface area contributed by atoms with E-state index in [1.165, 1.54) is 0 Å². The Labute approximate surface area is 74.3 Å². The van der Waals surface area contributed by atoms with Crippen molar-refractivity contribution in [3.63, 3.8) is 0 Å². The van der Waals surface area contributed by atoms with Gasteiger partial charge in [0.2, 0.25) is 0 Å². The Morgan fingerprint density at radius 3 is 2.33 bits per heavy atom. The average Bonchev–Trinajstić information content (AvgIpc) is 2.01. The Hall–Kier alpha value is -0.120. The van der Waals surface area contributed by atoms with Crippen LogP contribution in [0.5, 0.6) is 0 Å². The predicted molar refractivity (Wildman–Crippen MR) is 46.3 cm³/mol. The van der Waals surface area contributed by atoms with Crippen LogP contribution in [0.4, 0.5) is 0 Å². The molecule has 3 atom stereocenters. The van der Waals surface area contributed by atoms with Gasteiger partial charge in [-0.05, 0) is 20.3 Å². The van der Waals surface area contributed by atoms with Crippen molar-refractivity contribution in [1.82, 2.24) is 4.90 Å². The fourth-order valence-corrected chi connectivity index (χ4v) is 1.71. The molecule has 0 saturated carbocycles. The van der Waals surface area contributed by atoms with E-state index in [9.17, 15) is 5.11 Å². The van der Waals surface area contributed by atoms with Gasteiger partial charge in [0.25, 0.3) is 0 Å². The third-order valence-electron chi connectivity index (χ3n) is 2.20. The van der Waals surface area contributed by atoms with Gasteiger partial charge in [-0.15, -0.1) is 0 Å². The molecular formula is C9H18NO2. The minimum atomic E-state index is -0.543. The molecule has 71 valence electrons. The standard InChI is InChI=1S/C9H18NO2/c1-4-9(11)10-5-7(2)12-8(3)6-10/h7-9H,4-6H2,1-3H3. The van der Waals surface area contributed by atoms with E-state index in [4.69, 9.17) is 4.74 Å². The van der Waals surface area contributed by atoms with E-state index in [0.29, 0.717) is 6.42 Å². The molecule has 1 rings (SSSR count). The minimum Gasteiger partial charge on any atom is -0.373 e. The summed E-state index contributed by atoms with van der Waals surface area (Å²) in [4.78, 5) is 1.97. The van der Waals surface area contributed by atoms with E-state index in [1.54, 1.807) is 0 Å². The summed E-state index contributed by atoms with van der Waals surface area (Å²) in [6.45, 7) is 7.54. The molecule has 3 unspecified atom stereocenters. The number of hydrogen-bond acceptors (Lipinski definition) is 2. The quantitative estimate of drug-likeness (QED) is 0.628. The lowest BCUT2D eigenvalue weighted by Gasteiger charge is -2.36. The van der Waals surface area contributed by atoms with E-state index in [2.05, 4.69) is 0 Å². The van der Waals surface area contributed by atoms with E-state index < -0.39 is 6.23 Å². The molecule has 0 bridgehead atoms. The molecule has 1 heterocycles. The average molecular weight is 172 g/mol. The van der Waals surface area contributed by atoms with E-state index >= 15 is 0 Å². The molecule has 3 nitrogen and oxygen atoms in total. The van der Waals surface area contributed by atoms with Crippen LogP contribution in [-0.2, 0) is 9.84 Å². The van der Waals surface area contributed by atoms with Gasteiger partial charge in [-0.2, -0.15) is 0 Å². The van der Waals surface area contributed by atoms with Crippen molar-refractivity contribution < 1.29 is 9.84 Å². The van der Waals surface area contributed by atoms with Crippen molar-refractivity contribution in [2.24, 2.45) is 0 Å². The Morgan fingerprint density at radius 2 is 1.92 bits per heavy atom. The highest BCUT2D eigenvalue weighted by Gasteiger charge is 2.26. The van der Waals surface area contributed by atoms with Gasteiger partial charge in [0.1, 0.15) is 6.23 Å². The van der Waals surface area contributed by atoms with Gasteiger partial charge >= 0.3 is 0 Å². The topological polar surface area (TPSA) is 32.4 Å². The Balaban J connectivity index is 2.43. The molecule has 3 heteroatoms. The second kappa shape index (κ2) is 4.21. The second-order valence-electron chi connectivity index (χ2n) is 3.57. The van der Waals surface area contributed by atoms with Gasteiger partial charge in [-0.25, -0.2) is 5.11 Å². The van der Waals surface area contributed by atoms with Gasteiger partial charge in [-0.3, -0.25) is 4.90 Å². The van der Waals surface area contributed by atoms with Crippen molar-refractivity contribution >= 4 is 0 Å². The van der Waals surface area contributed by atoms with Gasteiger partial charge < -0.3 is 4.74 Å². The maximum absolute atomic E-state index is 11.4. The molecule has 1 radical (unpaired) electrons. The fourth-order valence-electron chi connectivity index (χ4n) is 1.71. The summed E-state index contributed by atoms with van der Waals surface area (Å²) >= 11 is 0. The van der Waals surface area contributed by atoms with Crippen LogP contribution >= 0.6 is 0 Å². The number of ether oxygens (including phenoxy) is 1. The Morgan fingerprint density at radius 1 is 1.42 bits per heavy atom. The molecule has 0 aliphatic carbocycles. The lowest BCUT2D eigenvalue weighted by molar-refractivity contribution is -0.138. The largest absolute Gasteiger partial charge is 0.373 e. The molecule has 0 N–H and O–H groups in total. The number of nitrogens with zero attached hydrogens (tertiary/aromatic N) is 1. The van der Waals surface area contributed by atoms with Gasteiger partial charge in [0.05, 0.1) is 12.2 Å². The zero-order valence-corrected chi connectivity index (χ0v) is 8.12. The first-order chi connectivity index (χ1) is 5.63. The molecule has 0 aromatic carbocycles. The smallest absolute Gasteiger partial charge is 0.146 e. The van der Waals surface area contributed by atoms with Crippen molar-refractivity contribution in [3.8, 4) is 0 Å². The van der Waals surface area contributed by atoms with Crippen molar-refractivity contribution in [1.29, 1.82) is 0 Å². The summed E-state index contributed by atoms with van der Waals surface area (Å²) in [5.41, 5.74) is 0. The van der Waals surface area contributed by atoms with Crippen LogP contribution in [-0.4, -0.2) is 36.4 Å². The maximum atomic E-state index is 11.4. The molecule has 0 aromatic heterocycles. The first kappa shape index (κ1) is 9.96. The van der Waals surface area contributed by atoms with Crippen LogP contribution in [0.3, 0.4) is 0 Å². The highest BCUT2D eigenvalue weighted by Crippen LogP contribution is 2.13. The van der Waals surface area contributed by atoms with E-state index in [1.807, 2.05) is 25.7 Å². The summed E-state index contributed by atoms with van der Waals surface area (Å²) in [6.07, 6.45) is 0.548. The van der Waals surface area contributed by atoms with E-state index in [0.717, 1.165) is 13.1 Å². The third kappa shape index (κ3) is 2.44. The summed E-state index contributed by atoms with van der Waals surface area (Å²) in [5, 5.41) is 11.4. The van der Waals surface area contributed by atoms with E-state index in [-0.39, 0.29) is 12.2 Å².